The van der Waals surface area contributed by atoms with E-state index in [1.165, 1.54) is 27.7 Å². The van der Waals surface area contributed by atoms with Crippen molar-refractivity contribution in [1.82, 2.24) is 29.7 Å². The lowest BCUT2D eigenvalue weighted by Gasteiger charge is -2.04. The summed E-state index contributed by atoms with van der Waals surface area (Å²) in [4.78, 5) is 36.6. The van der Waals surface area contributed by atoms with Gasteiger partial charge in [0.1, 0.15) is 17.3 Å². The summed E-state index contributed by atoms with van der Waals surface area (Å²) in [6.07, 6.45) is 4.85. The number of aromatic amines is 2. The van der Waals surface area contributed by atoms with Gasteiger partial charge < -0.3 is 21.0 Å². The predicted octanol–water partition coefficient (Wildman–Crippen LogP) is 2.50. The van der Waals surface area contributed by atoms with Crippen molar-refractivity contribution in [2.45, 2.75) is 20.8 Å². The zero-order chi connectivity index (χ0) is 22.5. The van der Waals surface area contributed by atoms with Gasteiger partial charge in [0.25, 0.3) is 11.8 Å². The molecular weight excluding hydrogens is 396 g/mol. The van der Waals surface area contributed by atoms with Crippen LogP contribution in [0.3, 0.4) is 0 Å². The maximum absolute atomic E-state index is 11.9. The van der Waals surface area contributed by atoms with E-state index in [0.29, 0.717) is 5.82 Å². The van der Waals surface area contributed by atoms with Gasteiger partial charge in [-0.05, 0) is 26.3 Å². The highest BCUT2D eigenvalue weighted by Gasteiger charge is 2.19. The first kappa shape index (κ1) is 21.5. The Labute approximate surface area is 178 Å². The molecule has 0 bridgehead atoms. The molecule has 31 heavy (non-hydrogen) atoms. The van der Waals surface area contributed by atoms with Crippen LogP contribution >= 0.6 is 0 Å². The molecule has 0 aliphatic heterocycles. The van der Waals surface area contributed by atoms with E-state index in [4.69, 9.17) is 5.73 Å². The van der Waals surface area contributed by atoms with E-state index in [0.717, 1.165) is 11.5 Å². The minimum absolute atomic E-state index is 0.0290. The Morgan fingerprint density at radius 1 is 1.10 bits per heavy atom. The Morgan fingerprint density at radius 3 is 2.45 bits per heavy atom. The van der Waals surface area contributed by atoms with Crippen molar-refractivity contribution in [3.8, 4) is 11.4 Å². The number of hydrogen-bond donors (Lipinski definition) is 4. The maximum atomic E-state index is 11.9. The molecule has 4 rings (SSSR count). The van der Waals surface area contributed by atoms with E-state index in [9.17, 15) is 9.59 Å². The Kier molecular flexibility index (Phi) is 6.29. The second-order valence-corrected chi connectivity index (χ2v) is 7.00. The van der Waals surface area contributed by atoms with E-state index in [-0.39, 0.29) is 11.4 Å². The van der Waals surface area contributed by atoms with Crippen LogP contribution in [0.15, 0.2) is 43.0 Å². The number of carbonyl (C=O) groups excluding carboxylic acids is 2. The van der Waals surface area contributed by atoms with Gasteiger partial charge >= 0.3 is 0 Å². The SMILES string of the molecule is Cc1cc(NC(=O)c2[nH]cnc2C(N)=O)n(C)n1.Cc1ccc(-c2ncc[nH]2)c(C)c1. The first-order chi connectivity index (χ1) is 14.8. The summed E-state index contributed by atoms with van der Waals surface area (Å²) < 4.78 is 1.52. The Bertz CT molecular complexity index is 1200. The van der Waals surface area contributed by atoms with Crippen molar-refractivity contribution in [2.24, 2.45) is 12.8 Å². The zero-order valence-corrected chi connectivity index (χ0v) is 17.7. The fourth-order valence-corrected chi connectivity index (χ4v) is 3.05. The highest BCUT2D eigenvalue weighted by atomic mass is 16.2. The Hall–Kier alpha value is -4.21. The highest BCUT2D eigenvalue weighted by molar-refractivity contribution is 6.09. The number of nitrogens with two attached hydrogens (primary N) is 1. The second-order valence-electron chi connectivity index (χ2n) is 7.00. The van der Waals surface area contributed by atoms with Crippen LogP contribution in [0.25, 0.3) is 11.4 Å². The average molecular weight is 420 g/mol. The van der Waals surface area contributed by atoms with E-state index < -0.39 is 11.8 Å². The van der Waals surface area contributed by atoms with Gasteiger partial charge in [-0.15, -0.1) is 0 Å². The number of aryl methyl sites for hydroxylation is 4. The summed E-state index contributed by atoms with van der Waals surface area (Å²) in [7, 11) is 1.70. The average Bonchev–Trinajstić information content (AvgIpc) is 3.44. The molecule has 0 unspecified atom stereocenters. The summed E-state index contributed by atoms with van der Waals surface area (Å²) in [5, 5.41) is 6.70. The standard InChI is InChI=1S/C11H12N2.C10H12N6O2/c1-8-3-4-10(9(2)7-8)11-12-5-6-13-11;1-5-3-6(16(2)15-5)14-10(18)8-7(9(11)17)12-4-13-8/h3-7H,1-2H3,(H,12,13);3-4H,1-2H3,(H2,11,17)(H,12,13)(H,14,18). The van der Waals surface area contributed by atoms with E-state index in [1.807, 2.05) is 6.20 Å². The van der Waals surface area contributed by atoms with Crippen LogP contribution in [-0.2, 0) is 7.05 Å². The lowest BCUT2D eigenvalue weighted by atomic mass is 10.1. The molecule has 10 nitrogen and oxygen atoms in total. The number of rotatable bonds is 4. The van der Waals surface area contributed by atoms with Gasteiger partial charge in [0.2, 0.25) is 0 Å². The molecule has 160 valence electrons. The fourth-order valence-electron chi connectivity index (χ4n) is 3.05. The summed E-state index contributed by atoms with van der Waals surface area (Å²) in [6.45, 7) is 6.00. The quantitative estimate of drug-likeness (QED) is 0.400. The molecule has 0 saturated carbocycles. The third-order valence-corrected chi connectivity index (χ3v) is 4.48. The molecule has 0 spiro atoms. The Balaban J connectivity index is 0.000000185. The monoisotopic (exact) mass is 420 g/mol. The van der Waals surface area contributed by atoms with E-state index in [2.05, 4.69) is 62.4 Å². The number of amides is 2. The van der Waals surface area contributed by atoms with Crippen molar-refractivity contribution < 1.29 is 9.59 Å². The van der Waals surface area contributed by atoms with Gasteiger partial charge in [-0.3, -0.25) is 14.3 Å². The van der Waals surface area contributed by atoms with Crippen LogP contribution in [0.4, 0.5) is 5.82 Å². The number of hydrogen-bond acceptors (Lipinski definition) is 5. The van der Waals surface area contributed by atoms with Crippen molar-refractivity contribution in [2.75, 3.05) is 5.32 Å². The van der Waals surface area contributed by atoms with Crippen molar-refractivity contribution >= 4 is 17.6 Å². The van der Waals surface area contributed by atoms with Gasteiger partial charge in [0.05, 0.1) is 12.0 Å². The first-order valence-corrected chi connectivity index (χ1v) is 9.48. The molecule has 1 aromatic carbocycles. The number of nitrogens with one attached hydrogen (secondary N) is 3. The molecule has 0 aliphatic rings. The molecule has 3 aromatic heterocycles. The number of H-pyrrole nitrogens is 2. The van der Waals surface area contributed by atoms with Crippen LogP contribution in [0.5, 0.6) is 0 Å². The molecule has 10 heteroatoms. The lowest BCUT2D eigenvalue weighted by molar-refractivity contribution is 0.0972. The highest BCUT2D eigenvalue weighted by Crippen LogP contribution is 2.20. The number of benzene rings is 1. The van der Waals surface area contributed by atoms with Crippen molar-refractivity contribution in [3.63, 3.8) is 0 Å². The fraction of sp³-hybridized carbons (Fsp3) is 0.190. The molecule has 4 aromatic rings. The maximum Gasteiger partial charge on any atom is 0.275 e. The van der Waals surface area contributed by atoms with E-state index in [1.54, 1.807) is 26.2 Å². The summed E-state index contributed by atoms with van der Waals surface area (Å²) in [6, 6.07) is 8.07. The molecule has 5 N–H and O–H groups in total. The molecular formula is C21H24N8O2. The summed E-state index contributed by atoms with van der Waals surface area (Å²) in [5.74, 6) is 0.201. The van der Waals surface area contributed by atoms with Gasteiger partial charge in [-0.1, -0.05) is 23.8 Å². The number of primary amides is 1. The van der Waals surface area contributed by atoms with Gasteiger partial charge in [0.15, 0.2) is 5.69 Å². The number of carbonyl (C=O) groups is 2. The van der Waals surface area contributed by atoms with Gasteiger partial charge in [-0.25, -0.2) is 9.97 Å². The van der Waals surface area contributed by atoms with E-state index >= 15 is 0 Å². The third kappa shape index (κ3) is 5.04. The van der Waals surface area contributed by atoms with Crippen LogP contribution in [0.2, 0.25) is 0 Å². The topological polar surface area (TPSA) is 147 Å². The van der Waals surface area contributed by atoms with Crippen LogP contribution in [-0.4, -0.2) is 41.5 Å². The van der Waals surface area contributed by atoms with Crippen molar-refractivity contribution in [1.29, 1.82) is 0 Å². The number of nitrogens with zero attached hydrogens (tertiary/aromatic N) is 4. The number of imidazole rings is 2. The largest absolute Gasteiger partial charge is 0.364 e. The number of aromatic nitrogens is 6. The first-order valence-electron chi connectivity index (χ1n) is 9.48. The molecule has 0 radical (unpaired) electrons. The summed E-state index contributed by atoms with van der Waals surface area (Å²) in [5.41, 5.74) is 9.53. The number of anilines is 1. The minimum Gasteiger partial charge on any atom is -0.364 e. The second kappa shape index (κ2) is 9.08. The van der Waals surface area contributed by atoms with Crippen LogP contribution < -0.4 is 11.1 Å². The lowest BCUT2D eigenvalue weighted by Crippen LogP contribution is -2.21. The predicted molar refractivity (Wildman–Crippen MR) is 117 cm³/mol. The van der Waals surface area contributed by atoms with Gasteiger partial charge in [-0.2, -0.15) is 5.10 Å². The van der Waals surface area contributed by atoms with Crippen molar-refractivity contribution in [3.05, 3.63) is 71.2 Å². The normalized spacial score (nSPS) is 10.3. The molecule has 0 fully saturated rings. The summed E-state index contributed by atoms with van der Waals surface area (Å²) >= 11 is 0. The molecule has 3 heterocycles. The van der Waals surface area contributed by atoms with Crippen LogP contribution in [0.1, 0.15) is 37.8 Å². The Morgan fingerprint density at radius 2 is 1.87 bits per heavy atom. The third-order valence-electron chi connectivity index (χ3n) is 4.48. The zero-order valence-electron chi connectivity index (χ0n) is 17.7. The molecule has 0 saturated heterocycles. The molecule has 0 atom stereocenters. The van der Waals surface area contributed by atoms with Crippen LogP contribution in [0, 0.1) is 20.8 Å². The van der Waals surface area contributed by atoms with Gasteiger partial charge in [0, 0.05) is 31.1 Å². The molecule has 2 amide bonds. The minimum atomic E-state index is -0.761. The molecule has 0 aliphatic carbocycles. The smallest absolute Gasteiger partial charge is 0.275 e.